The molecule has 0 aliphatic rings. The Bertz CT molecular complexity index is 179. The molecule has 0 amide bonds. The number of hydrogen-bond acceptors (Lipinski definition) is 2. The Balaban J connectivity index is 4.15. The second-order valence-electron chi connectivity index (χ2n) is 5.33. The molecule has 110 valence electrons. The Morgan fingerprint density at radius 1 is 0.889 bits per heavy atom. The Kier molecular flexibility index (Phi) is 11.1. The second-order valence-corrected chi connectivity index (χ2v) is 8.30. The molecule has 0 aliphatic heterocycles. The molecule has 1 atom stereocenters. The summed E-state index contributed by atoms with van der Waals surface area (Å²) in [6, 6.07) is 2.58. The van der Waals surface area contributed by atoms with E-state index in [1.54, 1.807) is 0 Å². The smallest absolute Gasteiger partial charge is 0.176 e. The first-order chi connectivity index (χ1) is 8.67. The van der Waals surface area contributed by atoms with Crippen LogP contribution in [-0.2, 0) is 9.16 Å². The molecule has 0 heterocycles. The summed E-state index contributed by atoms with van der Waals surface area (Å²) in [7, 11) is 0.958. The normalized spacial score (nSPS) is 13.8. The van der Waals surface area contributed by atoms with Crippen LogP contribution in [0.25, 0.3) is 0 Å². The van der Waals surface area contributed by atoms with Gasteiger partial charge in [-0.1, -0.05) is 47.0 Å². The lowest BCUT2D eigenvalue weighted by atomic mass is 9.89. The first kappa shape index (κ1) is 18.1. The number of rotatable bonds is 12. The summed E-state index contributed by atoms with van der Waals surface area (Å²) < 4.78 is 12.0. The van der Waals surface area contributed by atoms with Gasteiger partial charge in [0.1, 0.15) is 0 Å². The summed E-state index contributed by atoms with van der Waals surface area (Å²) in [6.07, 6.45) is 7.04. The van der Waals surface area contributed by atoms with Crippen LogP contribution in [0, 0.1) is 0 Å². The molecule has 0 rings (SSSR count). The molecule has 18 heavy (non-hydrogen) atoms. The van der Waals surface area contributed by atoms with Gasteiger partial charge in [0.2, 0.25) is 0 Å². The Morgan fingerprint density at radius 2 is 1.50 bits per heavy atom. The summed E-state index contributed by atoms with van der Waals surface area (Å²) in [5, 5.41) is 0. The van der Waals surface area contributed by atoms with Gasteiger partial charge in [-0.15, -0.1) is 0 Å². The van der Waals surface area contributed by atoms with E-state index in [1.165, 1.54) is 31.4 Å². The van der Waals surface area contributed by atoms with Crippen molar-refractivity contribution in [2.75, 3.05) is 13.7 Å². The largest absolute Gasteiger partial charge is 0.420 e. The zero-order chi connectivity index (χ0) is 13.9. The number of hydrogen-bond donors (Lipinski definition) is 0. The van der Waals surface area contributed by atoms with Crippen molar-refractivity contribution in [3.05, 3.63) is 0 Å². The minimum atomic E-state index is -0.909. The minimum Gasteiger partial charge on any atom is -0.420 e. The van der Waals surface area contributed by atoms with Gasteiger partial charge in [-0.05, 0) is 31.4 Å². The first-order valence-electron chi connectivity index (χ1n) is 7.84. The maximum atomic E-state index is 6.14. The average Bonchev–Trinajstić information content (AvgIpc) is 2.38. The molecule has 0 aliphatic carbocycles. The van der Waals surface area contributed by atoms with E-state index in [0.29, 0.717) is 0 Å². The van der Waals surface area contributed by atoms with Gasteiger partial charge in [0.15, 0.2) is 9.04 Å². The number of methoxy groups -OCH3 is 1. The molecule has 0 aromatic carbocycles. The number of ether oxygens (including phenoxy) is 1. The molecule has 0 spiro atoms. The van der Waals surface area contributed by atoms with Gasteiger partial charge in [0.25, 0.3) is 0 Å². The van der Waals surface area contributed by atoms with Crippen molar-refractivity contribution in [3.63, 3.8) is 0 Å². The van der Waals surface area contributed by atoms with Crippen LogP contribution in [0.15, 0.2) is 0 Å². The van der Waals surface area contributed by atoms with Crippen LogP contribution in [-0.4, -0.2) is 28.4 Å². The van der Waals surface area contributed by atoms with E-state index in [4.69, 9.17) is 9.16 Å². The topological polar surface area (TPSA) is 18.5 Å². The van der Waals surface area contributed by atoms with Crippen LogP contribution >= 0.6 is 0 Å². The van der Waals surface area contributed by atoms with E-state index in [2.05, 4.69) is 27.7 Å². The van der Waals surface area contributed by atoms with E-state index in [-0.39, 0.29) is 5.60 Å². The molecule has 0 aromatic heterocycles. The molecule has 2 nitrogen and oxygen atoms in total. The van der Waals surface area contributed by atoms with Crippen LogP contribution in [0.2, 0.25) is 12.1 Å². The highest BCUT2D eigenvalue weighted by Crippen LogP contribution is 2.27. The Labute approximate surface area is 116 Å². The highest BCUT2D eigenvalue weighted by atomic mass is 28.3. The van der Waals surface area contributed by atoms with Gasteiger partial charge in [-0.3, -0.25) is 0 Å². The zero-order valence-electron chi connectivity index (χ0n) is 13.3. The quantitative estimate of drug-likeness (QED) is 0.487. The molecular weight excluding hydrogens is 240 g/mol. The van der Waals surface area contributed by atoms with E-state index < -0.39 is 9.04 Å². The molecule has 0 fully saturated rings. The standard InChI is InChI=1S/C15H34O2Si/c1-6-10-15(16-5,11-7-2)12-13-17-18(9-4)14-8-3/h18H,6-14H2,1-5H3. The van der Waals surface area contributed by atoms with Crippen molar-refractivity contribution in [3.8, 4) is 0 Å². The van der Waals surface area contributed by atoms with Gasteiger partial charge in [-0.25, -0.2) is 0 Å². The van der Waals surface area contributed by atoms with Gasteiger partial charge in [0, 0.05) is 13.7 Å². The zero-order valence-corrected chi connectivity index (χ0v) is 14.4. The third-order valence-corrected chi connectivity index (χ3v) is 6.66. The maximum Gasteiger partial charge on any atom is 0.176 e. The fourth-order valence-corrected chi connectivity index (χ4v) is 4.64. The van der Waals surface area contributed by atoms with E-state index in [9.17, 15) is 0 Å². The van der Waals surface area contributed by atoms with Gasteiger partial charge < -0.3 is 9.16 Å². The fourth-order valence-electron chi connectivity index (χ4n) is 2.73. The molecule has 0 saturated carbocycles. The van der Waals surface area contributed by atoms with Gasteiger partial charge in [0.05, 0.1) is 5.60 Å². The summed E-state index contributed by atoms with van der Waals surface area (Å²) in [5.41, 5.74) is 0.0718. The predicted octanol–water partition coefficient (Wildman–Crippen LogP) is 4.53. The molecule has 0 aromatic rings. The predicted molar refractivity (Wildman–Crippen MR) is 82.9 cm³/mol. The molecule has 0 N–H and O–H groups in total. The lowest BCUT2D eigenvalue weighted by Gasteiger charge is -2.32. The monoisotopic (exact) mass is 274 g/mol. The summed E-state index contributed by atoms with van der Waals surface area (Å²) in [6.45, 7) is 9.91. The maximum absolute atomic E-state index is 6.14. The van der Waals surface area contributed by atoms with E-state index >= 15 is 0 Å². The molecule has 0 bridgehead atoms. The summed E-state index contributed by atoms with van der Waals surface area (Å²) in [4.78, 5) is 0. The van der Waals surface area contributed by atoms with E-state index in [0.717, 1.165) is 25.9 Å². The van der Waals surface area contributed by atoms with Gasteiger partial charge >= 0.3 is 0 Å². The SMILES string of the molecule is CCC[SiH](CC)OCCC(CCC)(CCC)OC. The fraction of sp³-hybridized carbons (Fsp3) is 1.00. The molecule has 0 saturated heterocycles. The van der Waals surface area contributed by atoms with E-state index in [1.807, 2.05) is 7.11 Å². The summed E-state index contributed by atoms with van der Waals surface area (Å²) >= 11 is 0. The summed E-state index contributed by atoms with van der Waals surface area (Å²) in [5.74, 6) is 0. The van der Waals surface area contributed by atoms with Crippen molar-refractivity contribution in [2.24, 2.45) is 0 Å². The van der Waals surface area contributed by atoms with Crippen molar-refractivity contribution in [1.82, 2.24) is 0 Å². The molecule has 3 heteroatoms. The van der Waals surface area contributed by atoms with Crippen molar-refractivity contribution < 1.29 is 9.16 Å². The van der Waals surface area contributed by atoms with Crippen LogP contribution in [0.1, 0.15) is 66.2 Å². The molecule has 0 radical (unpaired) electrons. The molecule has 1 unspecified atom stereocenters. The van der Waals surface area contributed by atoms with Crippen molar-refractivity contribution >= 4 is 9.04 Å². The highest BCUT2D eigenvalue weighted by Gasteiger charge is 2.27. The third-order valence-electron chi connectivity index (χ3n) is 3.82. The van der Waals surface area contributed by atoms with Crippen LogP contribution < -0.4 is 0 Å². The van der Waals surface area contributed by atoms with Gasteiger partial charge in [-0.2, -0.15) is 0 Å². The van der Waals surface area contributed by atoms with Crippen LogP contribution in [0.5, 0.6) is 0 Å². The van der Waals surface area contributed by atoms with Crippen LogP contribution in [0.4, 0.5) is 0 Å². The second kappa shape index (κ2) is 11.0. The van der Waals surface area contributed by atoms with Crippen molar-refractivity contribution in [1.29, 1.82) is 0 Å². The lowest BCUT2D eigenvalue weighted by Crippen LogP contribution is -2.34. The first-order valence-corrected chi connectivity index (χ1v) is 9.95. The Morgan fingerprint density at radius 3 is 1.89 bits per heavy atom. The van der Waals surface area contributed by atoms with Crippen molar-refractivity contribution in [2.45, 2.75) is 83.9 Å². The van der Waals surface area contributed by atoms with Crippen LogP contribution in [0.3, 0.4) is 0 Å². The third kappa shape index (κ3) is 6.91. The highest BCUT2D eigenvalue weighted by molar-refractivity contribution is 6.51. The lowest BCUT2D eigenvalue weighted by molar-refractivity contribution is -0.0403. The average molecular weight is 275 g/mol. The minimum absolute atomic E-state index is 0.0718. The molecular formula is C15H34O2Si. The Hall–Kier alpha value is 0.137.